The van der Waals surface area contributed by atoms with Gasteiger partial charge in [0.15, 0.2) is 12.0 Å². The van der Waals surface area contributed by atoms with Crippen molar-refractivity contribution >= 4 is 34.3 Å². The molecule has 0 aliphatic carbocycles. The molecule has 0 radical (unpaired) electrons. The van der Waals surface area contributed by atoms with E-state index in [0.717, 1.165) is 0 Å². The fourth-order valence-electron chi connectivity index (χ4n) is 2.16. The van der Waals surface area contributed by atoms with Crippen molar-refractivity contribution in [2.75, 3.05) is 0 Å². The molecule has 0 bridgehead atoms. The normalized spacial score (nSPS) is 10.7. The van der Waals surface area contributed by atoms with E-state index in [1.165, 1.54) is 24.4 Å². The Labute approximate surface area is 123 Å². The summed E-state index contributed by atoms with van der Waals surface area (Å²) in [6.45, 7) is 0. The Morgan fingerprint density at radius 1 is 1.29 bits per heavy atom. The molecule has 6 nitrogen and oxygen atoms in total. The van der Waals surface area contributed by atoms with Crippen LogP contribution in [0.1, 0.15) is 10.6 Å². The third-order valence-electron chi connectivity index (χ3n) is 3.05. The van der Waals surface area contributed by atoms with E-state index in [0.29, 0.717) is 17.1 Å². The number of nitrogens with zero attached hydrogens (tertiary/aromatic N) is 2. The van der Waals surface area contributed by atoms with E-state index in [9.17, 15) is 14.9 Å². The third-order valence-corrected chi connectivity index (χ3v) is 3.37. The molecule has 1 aromatic carbocycles. The summed E-state index contributed by atoms with van der Waals surface area (Å²) >= 11 is 6.08. The van der Waals surface area contributed by atoms with Crippen LogP contribution in [0.3, 0.4) is 0 Å². The zero-order valence-electron chi connectivity index (χ0n) is 10.4. The zero-order valence-corrected chi connectivity index (χ0v) is 11.2. The zero-order chi connectivity index (χ0) is 15.0. The minimum absolute atomic E-state index is 0.0892. The van der Waals surface area contributed by atoms with Gasteiger partial charge in [0, 0.05) is 29.2 Å². The van der Waals surface area contributed by atoms with Gasteiger partial charge in [0.25, 0.3) is 5.69 Å². The van der Waals surface area contributed by atoms with Gasteiger partial charge in [-0.25, -0.2) is 0 Å². The molecule has 3 rings (SSSR count). The summed E-state index contributed by atoms with van der Waals surface area (Å²) in [4.78, 5) is 25.4. The third kappa shape index (κ3) is 2.15. The average molecular weight is 303 g/mol. The van der Waals surface area contributed by atoms with Crippen LogP contribution in [0.25, 0.3) is 22.1 Å². The number of fused-ring (bicyclic) bond motifs is 1. The van der Waals surface area contributed by atoms with Crippen molar-refractivity contribution in [3.63, 3.8) is 0 Å². The van der Waals surface area contributed by atoms with Crippen molar-refractivity contribution in [2.24, 2.45) is 0 Å². The van der Waals surface area contributed by atoms with Gasteiger partial charge in [-0.15, -0.1) is 0 Å². The molecule has 0 aliphatic heterocycles. The highest BCUT2D eigenvalue weighted by molar-refractivity contribution is 6.36. The topological polar surface area (TPSA) is 86.2 Å². The van der Waals surface area contributed by atoms with Gasteiger partial charge in [-0.1, -0.05) is 11.6 Å². The maximum atomic E-state index is 11.3. The van der Waals surface area contributed by atoms with Crippen LogP contribution in [0.4, 0.5) is 5.69 Å². The summed E-state index contributed by atoms with van der Waals surface area (Å²) < 4.78 is 5.31. The van der Waals surface area contributed by atoms with Gasteiger partial charge in [-0.3, -0.25) is 19.9 Å². The number of hydrogen-bond donors (Lipinski definition) is 0. The van der Waals surface area contributed by atoms with E-state index < -0.39 is 4.92 Å². The molecule has 0 atom stereocenters. The quantitative estimate of drug-likeness (QED) is 0.416. The summed E-state index contributed by atoms with van der Waals surface area (Å²) in [7, 11) is 0. The van der Waals surface area contributed by atoms with Crippen molar-refractivity contribution in [1.29, 1.82) is 0 Å². The lowest BCUT2D eigenvalue weighted by molar-refractivity contribution is -0.384. The van der Waals surface area contributed by atoms with Gasteiger partial charge in [-0.2, -0.15) is 0 Å². The lowest BCUT2D eigenvalue weighted by atomic mass is 10.0. The molecule has 0 saturated heterocycles. The first-order valence-corrected chi connectivity index (χ1v) is 6.25. The molecular formula is C14H7ClN2O4. The van der Waals surface area contributed by atoms with E-state index in [1.54, 1.807) is 12.3 Å². The largest absolute Gasteiger partial charge is 0.453 e. The number of nitro benzene ring substituents is 1. The van der Waals surface area contributed by atoms with Crippen LogP contribution in [-0.2, 0) is 0 Å². The molecule has 2 aromatic heterocycles. The van der Waals surface area contributed by atoms with Crippen molar-refractivity contribution < 1.29 is 14.1 Å². The first kappa shape index (κ1) is 13.3. The van der Waals surface area contributed by atoms with E-state index >= 15 is 0 Å². The Morgan fingerprint density at radius 3 is 2.76 bits per heavy atom. The van der Waals surface area contributed by atoms with Crippen LogP contribution >= 0.6 is 11.6 Å². The Bertz CT molecular complexity index is 873. The second-order valence-corrected chi connectivity index (χ2v) is 4.66. The highest BCUT2D eigenvalue weighted by atomic mass is 35.5. The van der Waals surface area contributed by atoms with Gasteiger partial charge in [0.05, 0.1) is 9.95 Å². The fourth-order valence-corrected chi connectivity index (χ4v) is 2.43. The van der Waals surface area contributed by atoms with Crippen molar-refractivity contribution in [3.05, 3.63) is 57.6 Å². The van der Waals surface area contributed by atoms with Crippen LogP contribution in [0, 0.1) is 10.1 Å². The molecule has 0 saturated carbocycles. The summed E-state index contributed by atoms with van der Waals surface area (Å²) in [6, 6.07) is 5.88. The number of hydrogen-bond acceptors (Lipinski definition) is 5. The molecule has 0 N–H and O–H groups in total. The summed E-state index contributed by atoms with van der Waals surface area (Å²) in [5, 5.41) is 12.6. The summed E-state index contributed by atoms with van der Waals surface area (Å²) in [5.41, 5.74) is 0.0490. The number of rotatable bonds is 3. The molecule has 3 aromatic rings. The second-order valence-electron chi connectivity index (χ2n) is 4.25. The van der Waals surface area contributed by atoms with Gasteiger partial charge in [-0.05, 0) is 18.2 Å². The van der Waals surface area contributed by atoms with Crippen molar-refractivity contribution in [1.82, 2.24) is 4.98 Å². The van der Waals surface area contributed by atoms with E-state index in [-0.39, 0.29) is 27.8 Å². The summed E-state index contributed by atoms with van der Waals surface area (Å²) in [5.74, 6) is 0.310. The smallest absolute Gasteiger partial charge is 0.282 e. The van der Waals surface area contributed by atoms with E-state index in [2.05, 4.69) is 4.98 Å². The fraction of sp³-hybridized carbons (Fsp3) is 0. The molecule has 0 amide bonds. The highest BCUT2D eigenvalue weighted by Gasteiger charge is 2.23. The molecule has 2 heterocycles. The van der Waals surface area contributed by atoms with E-state index in [4.69, 9.17) is 16.0 Å². The molecule has 0 fully saturated rings. The van der Waals surface area contributed by atoms with Crippen LogP contribution in [0.5, 0.6) is 0 Å². The van der Waals surface area contributed by atoms with Crippen LogP contribution in [0.15, 0.2) is 41.1 Å². The minimum atomic E-state index is -0.545. The number of aromatic nitrogens is 1. The number of aldehydes is 1. The molecule has 7 heteroatoms. The molecule has 21 heavy (non-hydrogen) atoms. The van der Waals surface area contributed by atoms with Crippen molar-refractivity contribution in [3.8, 4) is 11.3 Å². The molecule has 0 unspecified atom stereocenters. The maximum absolute atomic E-state index is 11.3. The second kappa shape index (κ2) is 4.99. The molecule has 0 spiro atoms. The van der Waals surface area contributed by atoms with Gasteiger partial charge in [0.2, 0.25) is 0 Å². The highest BCUT2D eigenvalue weighted by Crippen LogP contribution is 2.40. The SMILES string of the molecule is O=Cc1ccc(-c2c([N+](=O)[O-])cc(Cl)c3ccncc23)o1. The van der Waals surface area contributed by atoms with Gasteiger partial charge < -0.3 is 4.42 Å². The lowest BCUT2D eigenvalue weighted by Gasteiger charge is -2.06. The first-order chi connectivity index (χ1) is 10.1. The monoisotopic (exact) mass is 302 g/mol. The Balaban J connectivity index is 2.42. The molecular weight excluding hydrogens is 296 g/mol. The van der Waals surface area contributed by atoms with Crippen LogP contribution in [0.2, 0.25) is 5.02 Å². The van der Waals surface area contributed by atoms with Crippen LogP contribution in [-0.4, -0.2) is 16.2 Å². The van der Waals surface area contributed by atoms with Crippen molar-refractivity contribution in [2.45, 2.75) is 0 Å². The Hall–Kier alpha value is -2.73. The Kier molecular flexibility index (Phi) is 3.15. The molecule has 104 valence electrons. The maximum Gasteiger partial charge on any atom is 0.282 e. The number of benzene rings is 1. The van der Waals surface area contributed by atoms with E-state index in [1.807, 2.05) is 0 Å². The predicted octanol–water partition coefficient (Wildman–Crippen LogP) is 3.87. The average Bonchev–Trinajstić information content (AvgIpc) is 2.95. The lowest BCUT2D eigenvalue weighted by Crippen LogP contribution is -1.94. The number of halogens is 1. The minimum Gasteiger partial charge on any atom is -0.453 e. The first-order valence-electron chi connectivity index (χ1n) is 5.88. The standard InChI is InChI=1S/C14H7ClN2O4/c15-11-5-12(17(19)20)14(10-6-16-4-3-9(10)11)13-2-1-8(7-18)21-13/h1-7H. The number of carbonyl (C=O) groups excluding carboxylic acids is 1. The predicted molar refractivity (Wildman–Crippen MR) is 76.5 cm³/mol. The van der Waals surface area contributed by atoms with Gasteiger partial charge >= 0.3 is 0 Å². The van der Waals surface area contributed by atoms with Gasteiger partial charge in [0.1, 0.15) is 11.3 Å². The van der Waals surface area contributed by atoms with Crippen LogP contribution < -0.4 is 0 Å². The number of carbonyl (C=O) groups is 1. The number of pyridine rings is 1. The number of furan rings is 1. The number of nitro groups is 1. The molecule has 0 aliphatic rings. The Morgan fingerprint density at radius 2 is 2.10 bits per heavy atom. The summed E-state index contributed by atoms with van der Waals surface area (Å²) in [6.07, 6.45) is 3.56.